The molecule has 3 heterocycles. The Morgan fingerprint density at radius 3 is 0.939 bits per heavy atom. The van der Waals surface area contributed by atoms with E-state index in [1.807, 2.05) is 0 Å². The zero-order valence-corrected chi connectivity index (χ0v) is 69.3. The van der Waals surface area contributed by atoms with Crippen molar-refractivity contribution in [1.82, 2.24) is 20.5 Å². The van der Waals surface area contributed by atoms with Gasteiger partial charge in [0.15, 0.2) is 0 Å². The Morgan fingerprint density at radius 2 is 0.626 bits per heavy atom. The highest BCUT2D eigenvalue weighted by molar-refractivity contribution is 6.03. The lowest BCUT2D eigenvalue weighted by molar-refractivity contribution is -0.198. The van der Waals surface area contributed by atoms with Crippen LogP contribution in [0.4, 0.5) is 14.4 Å². The van der Waals surface area contributed by atoms with Crippen molar-refractivity contribution in [3.8, 4) is 11.5 Å². The molecule has 0 bridgehead atoms. The van der Waals surface area contributed by atoms with E-state index in [0.29, 0.717) is 57.7 Å². The quantitative estimate of drug-likeness (QED) is 0.0178. The first kappa shape index (κ1) is 105. The minimum atomic E-state index is -1.48. The molecular formula is C83H137N5O27. The Labute approximate surface area is 680 Å². The lowest BCUT2D eigenvalue weighted by Crippen LogP contribution is -2.43. The molecule has 0 aromatic heterocycles. The fourth-order valence-corrected chi connectivity index (χ4v) is 11.2. The predicted molar refractivity (Wildman–Crippen MR) is 425 cm³/mol. The van der Waals surface area contributed by atoms with Crippen LogP contribution in [0.25, 0.3) is 0 Å². The summed E-state index contributed by atoms with van der Waals surface area (Å²) in [6, 6.07) is 11.4. The molecule has 3 saturated heterocycles. The van der Waals surface area contributed by atoms with Gasteiger partial charge in [-0.05, 0) is 61.1 Å². The van der Waals surface area contributed by atoms with E-state index in [1.54, 1.807) is 36.4 Å². The van der Waals surface area contributed by atoms with Crippen molar-refractivity contribution in [2.24, 2.45) is 5.73 Å². The molecule has 2 unspecified atom stereocenters. The Bertz CT molecular complexity index is 2810. The molecule has 0 radical (unpaired) electrons. The van der Waals surface area contributed by atoms with E-state index < -0.39 is 77.9 Å². The monoisotopic (exact) mass is 1640 g/mol. The summed E-state index contributed by atoms with van der Waals surface area (Å²) in [5, 5.41) is 30.4. The maximum atomic E-state index is 12.0. The van der Waals surface area contributed by atoms with Crippen molar-refractivity contribution in [2.45, 2.75) is 277 Å². The normalized spacial score (nSPS) is 13.5. The number of aromatic hydroxyl groups is 2. The number of hydrogen-bond acceptors (Lipinski definition) is 28. The van der Waals surface area contributed by atoms with Crippen LogP contribution in [0, 0.1) is 0 Å². The number of alkyl carbamates (subject to hydrolysis) is 1. The molecule has 6 N–H and O–H groups in total. The Kier molecular flexibility index (Phi) is 66.0. The first-order valence-corrected chi connectivity index (χ1v) is 41.5. The van der Waals surface area contributed by atoms with Gasteiger partial charge in [-0.1, -0.05) is 234 Å². The fourth-order valence-electron chi connectivity index (χ4n) is 11.2. The van der Waals surface area contributed by atoms with Gasteiger partial charge < -0.3 is 73.7 Å². The Morgan fingerprint density at radius 1 is 0.357 bits per heavy atom. The third-order valence-electron chi connectivity index (χ3n) is 17.8. The summed E-state index contributed by atoms with van der Waals surface area (Å²) in [7, 11) is 2.56. The van der Waals surface area contributed by atoms with Crippen molar-refractivity contribution in [3.05, 3.63) is 59.7 Å². The molecule has 0 spiro atoms. The minimum Gasteiger partial charge on any atom is -0.508 e. The second-order valence-electron chi connectivity index (χ2n) is 27.5. The van der Waals surface area contributed by atoms with Gasteiger partial charge in [0.05, 0.1) is 80.3 Å². The van der Waals surface area contributed by atoms with Crippen LogP contribution >= 0.6 is 0 Å². The summed E-state index contributed by atoms with van der Waals surface area (Å²) in [5.74, 6) is -4.51. The second-order valence-corrected chi connectivity index (χ2v) is 27.5. The highest BCUT2D eigenvalue weighted by Crippen LogP contribution is 2.20. The number of carbonyl (C=O) groups excluding carboxylic acids is 11. The van der Waals surface area contributed by atoms with E-state index >= 15 is 0 Å². The van der Waals surface area contributed by atoms with Crippen LogP contribution in [0.5, 0.6) is 11.5 Å². The van der Waals surface area contributed by atoms with E-state index in [2.05, 4.69) is 45.3 Å². The average Bonchev–Trinajstić information content (AvgIpc) is 1.76. The number of unbranched alkanes of at least 4 members (excludes halogenated alkanes) is 27. The number of rotatable bonds is 60. The molecule has 3 aliphatic rings. The summed E-state index contributed by atoms with van der Waals surface area (Å²) < 4.78 is 51.4. The number of benzene rings is 2. The number of nitrogens with one attached hydrogen (secondary N) is 1. The molecule has 7 amide bonds. The smallest absolute Gasteiger partial charge is 0.508 e. The van der Waals surface area contributed by atoms with Crippen LogP contribution in [0.1, 0.15) is 263 Å². The molecule has 2 aromatic rings. The largest absolute Gasteiger partial charge is 0.560 e. The van der Waals surface area contributed by atoms with Gasteiger partial charge in [-0.15, -0.1) is 0 Å². The van der Waals surface area contributed by atoms with Crippen LogP contribution in [-0.2, 0) is 113 Å². The number of hydroxylamine groups is 6. The number of amides is 7. The number of phenolic OH excluding ortho intramolecular Hbond substituents is 2. The van der Waals surface area contributed by atoms with E-state index in [4.69, 9.17) is 58.6 Å². The summed E-state index contributed by atoms with van der Waals surface area (Å²) in [4.78, 5) is 138. The minimum absolute atomic E-state index is 0.0203. The van der Waals surface area contributed by atoms with Gasteiger partial charge in [-0.25, -0.2) is 14.4 Å². The topological polar surface area (TPSA) is 416 Å². The van der Waals surface area contributed by atoms with E-state index in [-0.39, 0.29) is 99.6 Å². The number of hydrogen-bond donors (Lipinski definition) is 5. The van der Waals surface area contributed by atoms with Gasteiger partial charge in [-0.3, -0.25) is 48.1 Å². The molecule has 32 heteroatoms. The van der Waals surface area contributed by atoms with Crippen LogP contribution in [0.15, 0.2) is 48.5 Å². The van der Waals surface area contributed by atoms with E-state index in [0.717, 1.165) is 50.2 Å². The summed E-state index contributed by atoms with van der Waals surface area (Å²) in [6.07, 6.45) is 36.8. The van der Waals surface area contributed by atoms with E-state index in [1.165, 1.54) is 200 Å². The predicted octanol–water partition coefficient (Wildman–Crippen LogP) is 12.9. The number of aliphatic hydroxyl groups is 1. The van der Waals surface area contributed by atoms with Crippen LogP contribution in [0.2, 0.25) is 0 Å². The third kappa shape index (κ3) is 57.6. The van der Waals surface area contributed by atoms with Gasteiger partial charge in [0.1, 0.15) is 36.8 Å². The number of carbonyl (C=O) groups is 11. The number of ether oxygens (including phenoxy) is 10. The zero-order chi connectivity index (χ0) is 84.6. The first-order chi connectivity index (χ1) is 55.7. The van der Waals surface area contributed by atoms with Crippen molar-refractivity contribution >= 4 is 65.8 Å². The van der Waals surface area contributed by atoms with Crippen LogP contribution < -0.4 is 11.1 Å². The number of esters is 2. The summed E-state index contributed by atoms with van der Waals surface area (Å²) in [5.41, 5.74) is 7.21. The molecule has 0 saturated carbocycles. The van der Waals surface area contributed by atoms with Crippen molar-refractivity contribution in [1.29, 1.82) is 0 Å². The highest BCUT2D eigenvalue weighted by Gasteiger charge is 2.38. The van der Waals surface area contributed by atoms with Crippen molar-refractivity contribution < 1.29 is 130 Å². The van der Waals surface area contributed by atoms with Gasteiger partial charge in [0.2, 0.25) is 0 Å². The molecule has 115 heavy (non-hydrogen) atoms. The molecule has 2 atom stereocenters. The molecule has 5 rings (SSSR count). The van der Waals surface area contributed by atoms with Crippen LogP contribution in [0.3, 0.4) is 0 Å². The second kappa shape index (κ2) is 72.4. The maximum absolute atomic E-state index is 12.0. The number of aliphatic hydroxyl groups excluding tert-OH is 1. The molecule has 3 aliphatic heterocycles. The van der Waals surface area contributed by atoms with Gasteiger partial charge >= 0.3 is 30.3 Å². The van der Waals surface area contributed by atoms with E-state index in [9.17, 15) is 57.8 Å². The number of phenols is 2. The summed E-state index contributed by atoms with van der Waals surface area (Å²) in [6.45, 7) is 13.2. The Hall–Kier alpha value is -8.11. The van der Waals surface area contributed by atoms with Gasteiger partial charge in [0.25, 0.3) is 35.4 Å². The number of nitrogens with zero attached hydrogens (tertiary/aromatic N) is 3. The molecule has 656 valence electrons. The SMILES string of the molecule is CCCCCCCCCCCCOCCOCCO.CCCCCCCCCCCCOCCOCCOC(=O)NC(Cc1ccc(O)cc1)C(=O)OC.CCCCCCCCCCCCOCCOCCOC(=O)ON1C(=O)CCC1=O.COC(=O)C(N)Cc1ccc(O)cc1.O=C(ON1C(=O)CCC1=O)ON1C(=O)CCC1=O. The lowest BCUT2D eigenvalue weighted by atomic mass is 10.1. The fraction of sp³-hybridized carbons (Fsp3) is 0.723. The maximum Gasteiger partial charge on any atom is 0.560 e. The number of nitrogens with two attached hydrogens (primary N) is 1. The lowest BCUT2D eigenvalue weighted by Gasteiger charge is -2.16. The van der Waals surface area contributed by atoms with Gasteiger partial charge in [0, 0.05) is 64.8 Å². The average molecular weight is 1640 g/mol. The molecular weight excluding hydrogens is 1500 g/mol. The number of imide groups is 3. The zero-order valence-electron chi connectivity index (χ0n) is 69.3. The molecule has 2 aromatic carbocycles. The van der Waals surface area contributed by atoms with Crippen molar-refractivity contribution in [2.75, 3.05) is 113 Å². The molecule has 0 aliphatic carbocycles. The Balaban J connectivity index is 0.000000746. The summed E-state index contributed by atoms with van der Waals surface area (Å²) >= 11 is 0. The molecule has 32 nitrogen and oxygen atoms in total. The highest BCUT2D eigenvalue weighted by atomic mass is 16.9. The van der Waals surface area contributed by atoms with Gasteiger partial charge in [-0.2, -0.15) is 4.79 Å². The standard InChI is InChI=1S/C27H45NO7.C21H37NO7.C16H34O3.C10H13NO3.C9H8N2O7/c1-3-4-5-6-7-8-9-10-11-12-17-33-18-19-34-20-21-35-27(31)28-25(26(30)32-2)22-23-13-15-24(29)16-14-23;1-2-3-4-5-6-7-8-9-10-11-14-26-15-16-27-17-18-28-21(25)29-22-19(23)12-13-20(22)24;1-2-3-4-5-6-7-8-9-10-11-13-18-15-16-19-14-12-17;1-14-10(13)9(11)6-7-2-4-8(12)5-3-7;12-5-1-2-6(13)10(5)17-9(16)18-11-7(14)3-4-8(11)15/h13-16,25,29H,3-12,17-22H2,1-2H3,(H,28,31);2-18H2,1H3;17H,2-16H2,1H3;2-5,9,12H,6,11H2,1H3;1-4H2. The number of methoxy groups -OCH3 is 2. The van der Waals surface area contributed by atoms with Crippen molar-refractivity contribution in [3.63, 3.8) is 0 Å². The first-order valence-electron chi connectivity index (χ1n) is 41.5. The third-order valence-corrected chi connectivity index (χ3v) is 17.8. The van der Waals surface area contributed by atoms with Crippen LogP contribution in [-0.4, -0.2) is 222 Å². The molecule has 3 fully saturated rings.